The zero-order valence-electron chi connectivity index (χ0n) is 9.64. The van der Waals surface area contributed by atoms with Gasteiger partial charge in [0.25, 0.3) is 0 Å². The van der Waals surface area contributed by atoms with Gasteiger partial charge in [-0.05, 0) is 18.2 Å². The molecule has 0 saturated carbocycles. The molecule has 0 atom stereocenters. The van der Waals surface area contributed by atoms with Gasteiger partial charge in [0, 0.05) is 18.0 Å². The molecule has 5 heteroatoms. The number of halogens is 2. The lowest BCUT2D eigenvalue weighted by atomic mass is 10.1. The fourth-order valence-corrected chi connectivity index (χ4v) is 2.41. The molecule has 1 aromatic carbocycles. The molecule has 0 saturated heterocycles. The van der Waals surface area contributed by atoms with Crippen molar-refractivity contribution in [1.29, 1.82) is 5.26 Å². The van der Waals surface area contributed by atoms with Crippen LogP contribution in [0.5, 0.6) is 0 Å². The lowest BCUT2D eigenvalue weighted by Gasteiger charge is -1.95. The van der Waals surface area contributed by atoms with Crippen LogP contribution in [0.3, 0.4) is 0 Å². The molecule has 0 radical (unpaired) electrons. The summed E-state index contributed by atoms with van der Waals surface area (Å²) >= 11 is 12.0. The minimum atomic E-state index is 0.507. The molecule has 0 aliphatic rings. The van der Waals surface area contributed by atoms with Crippen LogP contribution in [0, 0.1) is 11.3 Å². The smallest absolute Gasteiger partial charge is 0.156 e. The molecule has 0 spiro atoms. The SMILES string of the molecule is N#Cc1ccc(-c2cn3cc(Cl)cc(Cl)c3n2)cc1. The molecule has 2 heterocycles. The molecule has 0 fully saturated rings. The van der Waals surface area contributed by atoms with Crippen molar-refractivity contribution >= 4 is 28.8 Å². The van der Waals surface area contributed by atoms with Gasteiger partial charge < -0.3 is 4.40 Å². The predicted octanol–water partition coefficient (Wildman–Crippen LogP) is 4.18. The molecule has 0 amide bonds. The highest BCUT2D eigenvalue weighted by molar-refractivity contribution is 6.36. The molecule has 3 rings (SSSR count). The van der Waals surface area contributed by atoms with E-state index in [1.165, 1.54) is 0 Å². The summed E-state index contributed by atoms with van der Waals surface area (Å²) in [5.41, 5.74) is 2.99. The van der Waals surface area contributed by atoms with Crippen LogP contribution >= 0.6 is 23.2 Å². The lowest BCUT2D eigenvalue weighted by Crippen LogP contribution is -1.82. The number of aromatic nitrogens is 2. The first-order valence-corrected chi connectivity index (χ1v) is 6.27. The zero-order valence-corrected chi connectivity index (χ0v) is 11.2. The number of benzene rings is 1. The van der Waals surface area contributed by atoms with Crippen LogP contribution in [0.1, 0.15) is 5.56 Å². The Labute approximate surface area is 119 Å². The number of pyridine rings is 1. The van der Waals surface area contributed by atoms with E-state index in [1.54, 1.807) is 28.8 Å². The third-order valence-electron chi connectivity index (χ3n) is 2.78. The van der Waals surface area contributed by atoms with Crippen LogP contribution in [0.25, 0.3) is 16.9 Å². The first-order valence-electron chi connectivity index (χ1n) is 5.51. The van der Waals surface area contributed by atoms with E-state index in [0.717, 1.165) is 11.3 Å². The molecule has 0 bridgehead atoms. The van der Waals surface area contributed by atoms with Gasteiger partial charge in [0.2, 0.25) is 0 Å². The summed E-state index contributed by atoms with van der Waals surface area (Å²) in [6, 6.07) is 11.0. The van der Waals surface area contributed by atoms with Crippen molar-refractivity contribution in [3.63, 3.8) is 0 Å². The summed E-state index contributed by atoms with van der Waals surface area (Å²) in [6.45, 7) is 0. The van der Waals surface area contributed by atoms with E-state index < -0.39 is 0 Å². The maximum absolute atomic E-state index is 8.78. The van der Waals surface area contributed by atoms with Crippen molar-refractivity contribution in [2.45, 2.75) is 0 Å². The topological polar surface area (TPSA) is 41.1 Å². The molecular weight excluding hydrogens is 281 g/mol. The number of nitrogens with zero attached hydrogens (tertiary/aromatic N) is 3. The average Bonchev–Trinajstić information content (AvgIpc) is 2.83. The molecule has 3 nitrogen and oxygen atoms in total. The maximum Gasteiger partial charge on any atom is 0.156 e. The fourth-order valence-electron chi connectivity index (χ4n) is 1.88. The van der Waals surface area contributed by atoms with Gasteiger partial charge in [0.1, 0.15) is 0 Å². The Bertz CT molecular complexity index is 798. The molecule has 3 aromatic rings. The number of hydrogen-bond acceptors (Lipinski definition) is 2. The maximum atomic E-state index is 8.78. The van der Waals surface area contributed by atoms with E-state index in [-0.39, 0.29) is 0 Å². The van der Waals surface area contributed by atoms with Gasteiger partial charge in [-0.3, -0.25) is 0 Å². The van der Waals surface area contributed by atoms with Gasteiger partial charge in [-0.15, -0.1) is 0 Å². The summed E-state index contributed by atoms with van der Waals surface area (Å²) < 4.78 is 1.79. The second-order valence-electron chi connectivity index (χ2n) is 4.05. The fraction of sp³-hybridized carbons (Fsp3) is 0. The van der Waals surface area contributed by atoms with Crippen LogP contribution in [0.2, 0.25) is 10.0 Å². The second-order valence-corrected chi connectivity index (χ2v) is 4.90. The highest BCUT2D eigenvalue weighted by Gasteiger charge is 2.08. The Balaban J connectivity index is 2.15. The predicted molar refractivity (Wildman–Crippen MR) is 75.4 cm³/mol. The van der Waals surface area contributed by atoms with E-state index in [2.05, 4.69) is 11.1 Å². The molecule has 0 N–H and O–H groups in total. The summed E-state index contributed by atoms with van der Waals surface area (Å²) in [7, 11) is 0. The van der Waals surface area contributed by atoms with E-state index in [9.17, 15) is 0 Å². The summed E-state index contributed by atoms with van der Waals surface area (Å²) in [6.07, 6.45) is 3.61. The number of imidazole rings is 1. The van der Waals surface area contributed by atoms with E-state index >= 15 is 0 Å². The monoisotopic (exact) mass is 287 g/mol. The number of fused-ring (bicyclic) bond motifs is 1. The number of rotatable bonds is 1. The number of nitriles is 1. The molecule has 0 aliphatic heterocycles. The normalized spacial score (nSPS) is 10.6. The van der Waals surface area contributed by atoms with Crippen molar-refractivity contribution in [2.75, 3.05) is 0 Å². The van der Waals surface area contributed by atoms with Gasteiger partial charge in [0.15, 0.2) is 5.65 Å². The first-order chi connectivity index (χ1) is 9.17. The summed E-state index contributed by atoms with van der Waals surface area (Å²) in [5.74, 6) is 0. The van der Waals surface area contributed by atoms with Crippen LogP contribution in [0.15, 0.2) is 42.7 Å². The Morgan fingerprint density at radius 1 is 1.11 bits per heavy atom. The van der Waals surface area contributed by atoms with Gasteiger partial charge in [-0.2, -0.15) is 5.26 Å². The zero-order chi connectivity index (χ0) is 13.4. The Morgan fingerprint density at radius 3 is 2.53 bits per heavy atom. The molecule has 0 unspecified atom stereocenters. The average molecular weight is 288 g/mol. The van der Waals surface area contributed by atoms with Crippen molar-refractivity contribution in [2.24, 2.45) is 0 Å². The van der Waals surface area contributed by atoms with Crippen molar-refractivity contribution in [1.82, 2.24) is 9.38 Å². The van der Waals surface area contributed by atoms with Gasteiger partial charge >= 0.3 is 0 Å². The van der Waals surface area contributed by atoms with E-state index in [0.29, 0.717) is 21.3 Å². The molecule has 2 aromatic heterocycles. The first kappa shape index (κ1) is 12.0. The van der Waals surface area contributed by atoms with Gasteiger partial charge in [0.05, 0.1) is 27.4 Å². The van der Waals surface area contributed by atoms with Crippen LogP contribution in [-0.4, -0.2) is 9.38 Å². The molecule has 19 heavy (non-hydrogen) atoms. The van der Waals surface area contributed by atoms with E-state index in [4.69, 9.17) is 28.5 Å². The quantitative estimate of drug-likeness (QED) is 0.674. The molecular formula is C14H7Cl2N3. The highest BCUT2D eigenvalue weighted by atomic mass is 35.5. The number of hydrogen-bond donors (Lipinski definition) is 0. The standard InChI is InChI=1S/C14H7Cl2N3/c15-11-5-12(16)14-18-13(8-19(14)7-11)10-3-1-9(6-17)2-4-10/h1-5,7-8H. The van der Waals surface area contributed by atoms with Gasteiger partial charge in [-0.25, -0.2) is 4.98 Å². The third kappa shape index (κ3) is 2.17. The second kappa shape index (κ2) is 4.58. The van der Waals surface area contributed by atoms with Crippen molar-refractivity contribution < 1.29 is 0 Å². The van der Waals surface area contributed by atoms with Crippen LogP contribution < -0.4 is 0 Å². The Kier molecular flexibility index (Phi) is 2.90. The van der Waals surface area contributed by atoms with E-state index in [1.807, 2.05) is 18.3 Å². The van der Waals surface area contributed by atoms with Crippen molar-refractivity contribution in [3.05, 3.63) is 58.3 Å². The molecule has 92 valence electrons. The van der Waals surface area contributed by atoms with Crippen LogP contribution in [-0.2, 0) is 0 Å². The third-order valence-corrected chi connectivity index (χ3v) is 3.27. The van der Waals surface area contributed by atoms with Gasteiger partial charge in [-0.1, -0.05) is 35.3 Å². The largest absolute Gasteiger partial charge is 0.304 e. The highest BCUT2D eigenvalue weighted by Crippen LogP contribution is 2.25. The molecule has 0 aliphatic carbocycles. The minimum absolute atomic E-state index is 0.507. The van der Waals surface area contributed by atoms with Crippen LogP contribution in [0.4, 0.5) is 0 Å². The summed E-state index contributed by atoms with van der Waals surface area (Å²) in [5, 5.41) is 9.84. The Morgan fingerprint density at radius 2 is 1.84 bits per heavy atom. The van der Waals surface area contributed by atoms with Crippen molar-refractivity contribution in [3.8, 4) is 17.3 Å². The lowest BCUT2D eigenvalue weighted by molar-refractivity contribution is 1.19. The summed E-state index contributed by atoms with van der Waals surface area (Å²) in [4.78, 5) is 4.47. The Hall–Kier alpha value is -2.02. The minimum Gasteiger partial charge on any atom is -0.304 e.